The van der Waals surface area contributed by atoms with Gasteiger partial charge in [0.15, 0.2) is 0 Å². The van der Waals surface area contributed by atoms with Gasteiger partial charge in [0.2, 0.25) is 0 Å². The normalized spacial score (nSPS) is 22.0. The van der Waals surface area contributed by atoms with Gasteiger partial charge >= 0.3 is 13.2 Å². The summed E-state index contributed by atoms with van der Waals surface area (Å²) in [5, 5.41) is 5.76. The van der Waals surface area contributed by atoms with E-state index in [0.717, 1.165) is 17.4 Å². The molecule has 1 aromatic carbocycles. The highest BCUT2D eigenvalue weighted by atomic mass is 16.7. The average Bonchev–Trinajstić information content (AvgIpc) is 3.24. The Balaban J connectivity index is 1.82. The fourth-order valence-electron chi connectivity index (χ4n) is 3.47. The smallest absolute Gasteiger partial charge is 0.444 e. The summed E-state index contributed by atoms with van der Waals surface area (Å²) in [7, 11) is -0.622. The van der Waals surface area contributed by atoms with E-state index in [1.54, 1.807) is 32.9 Å². The molecule has 32 heavy (non-hydrogen) atoms. The summed E-state index contributed by atoms with van der Waals surface area (Å²) < 4.78 is 23.0. The van der Waals surface area contributed by atoms with Gasteiger partial charge in [-0.05, 0) is 78.0 Å². The van der Waals surface area contributed by atoms with Crippen LogP contribution in [0.4, 0.5) is 4.79 Å². The molecule has 1 aromatic rings. The van der Waals surface area contributed by atoms with E-state index in [1.807, 2.05) is 33.8 Å². The number of nitrogens with one attached hydrogen (secondary N) is 2. The molecular weight excluding hydrogens is 411 g/mol. The molecule has 2 aliphatic heterocycles. The van der Waals surface area contributed by atoms with Gasteiger partial charge in [0.1, 0.15) is 5.60 Å². The quantitative estimate of drug-likeness (QED) is 0.676. The molecule has 0 spiro atoms. The second-order valence-corrected chi connectivity index (χ2v) is 10.4. The summed E-state index contributed by atoms with van der Waals surface area (Å²) in [6.45, 7) is 14.7. The zero-order valence-electron chi connectivity index (χ0n) is 20.2. The van der Waals surface area contributed by atoms with E-state index < -0.39 is 30.0 Å². The number of alkyl carbamates (subject to hydrolysis) is 1. The van der Waals surface area contributed by atoms with E-state index in [1.165, 1.54) is 0 Å². The molecular formula is C23H35BN2O6. The second kappa shape index (κ2) is 9.04. The molecule has 0 aliphatic carbocycles. The third-order valence-electron chi connectivity index (χ3n) is 5.90. The molecule has 2 amide bonds. The first-order valence-corrected chi connectivity index (χ1v) is 11.1. The lowest BCUT2D eigenvalue weighted by atomic mass is 9.77. The average molecular weight is 446 g/mol. The summed E-state index contributed by atoms with van der Waals surface area (Å²) in [5.74, 6) is -0.197. The third kappa shape index (κ3) is 6.02. The zero-order valence-corrected chi connectivity index (χ0v) is 20.2. The zero-order chi connectivity index (χ0) is 23.7. The molecule has 2 aliphatic rings. The number of rotatable bonds is 5. The minimum atomic E-state index is -0.622. The van der Waals surface area contributed by atoms with Crippen LogP contribution < -0.4 is 16.1 Å². The topological polar surface area (TPSA) is 95.1 Å². The Bertz CT molecular complexity index is 843. The standard InChI is InChI=1S/C23H35BN2O6/c1-21(2,3)30-20(28)25-13-15-10-16(19(27)26-18-8-9-29-14-18)12-17(11-15)24-31-22(4,5)23(6,7)32-24/h10-12,18H,8-9,13-14H2,1-7H3,(H,25,28)(H,26,27). The highest BCUT2D eigenvalue weighted by Gasteiger charge is 2.51. The molecule has 3 rings (SSSR count). The Morgan fingerprint density at radius 2 is 1.78 bits per heavy atom. The van der Waals surface area contributed by atoms with Crippen LogP contribution >= 0.6 is 0 Å². The molecule has 8 nitrogen and oxygen atoms in total. The Kier molecular flexibility index (Phi) is 6.93. The van der Waals surface area contributed by atoms with Crippen molar-refractivity contribution in [2.24, 2.45) is 0 Å². The number of hydrogen-bond acceptors (Lipinski definition) is 6. The Morgan fingerprint density at radius 3 is 2.34 bits per heavy atom. The number of benzene rings is 1. The van der Waals surface area contributed by atoms with Crippen LogP contribution in [-0.2, 0) is 25.3 Å². The van der Waals surface area contributed by atoms with Crippen LogP contribution in [0.15, 0.2) is 18.2 Å². The van der Waals surface area contributed by atoms with Crippen LogP contribution in [0, 0.1) is 0 Å². The molecule has 0 aromatic heterocycles. The lowest BCUT2D eigenvalue weighted by Crippen LogP contribution is -2.41. The van der Waals surface area contributed by atoms with E-state index >= 15 is 0 Å². The molecule has 0 bridgehead atoms. The van der Waals surface area contributed by atoms with Gasteiger partial charge in [-0.2, -0.15) is 0 Å². The molecule has 2 N–H and O–H groups in total. The highest BCUT2D eigenvalue weighted by Crippen LogP contribution is 2.36. The predicted molar refractivity (Wildman–Crippen MR) is 122 cm³/mol. The number of ether oxygens (including phenoxy) is 2. The van der Waals surface area contributed by atoms with E-state index in [0.29, 0.717) is 18.8 Å². The van der Waals surface area contributed by atoms with Gasteiger partial charge in [-0.25, -0.2) is 4.79 Å². The first-order chi connectivity index (χ1) is 14.8. The number of carbonyl (C=O) groups excluding carboxylic acids is 2. The van der Waals surface area contributed by atoms with Crippen LogP contribution in [0.25, 0.3) is 0 Å². The maximum absolute atomic E-state index is 12.9. The van der Waals surface area contributed by atoms with Gasteiger partial charge in [-0.1, -0.05) is 6.07 Å². The number of hydrogen-bond donors (Lipinski definition) is 2. The van der Waals surface area contributed by atoms with Crippen molar-refractivity contribution in [3.05, 3.63) is 29.3 Å². The van der Waals surface area contributed by atoms with Crippen LogP contribution in [0.1, 0.15) is 70.8 Å². The van der Waals surface area contributed by atoms with Crippen LogP contribution in [0.5, 0.6) is 0 Å². The fraction of sp³-hybridized carbons (Fsp3) is 0.652. The Morgan fingerprint density at radius 1 is 1.12 bits per heavy atom. The molecule has 9 heteroatoms. The third-order valence-corrected chi connectivity index (χ3v) is 5.90. The van der Waals surface area contributed by atoms with Gasteiger partial charge in [0.05, 0.1) is 23.9 Å². The van der Waals surface area contributed by atoms with Gasteiger partial charge in [-0.15, -0.1) is 0 Å². The summed E-state index contributed by atoms with van der Waals surface area (Å²) >= 11 is 0. The van der Waals surface area contributed by atoms with Gasteiger partial charge in [0, 0.05) is 18.7 Å². The number of amides is 2. The Hall–Kier alpha value is -2.10. The molecule has 2 saturated heterocycles. The molecule has 1 unspecified atom stereocenters. The molecule has 0 radical (unpaired) electrons. The van der Waals surface area contributed by atoms with Gasteiger partial charge < -0.3 is 29.4 Å². The van der Waals surface area contributed by atoms with Crippen molar-refractivity contribution >= 4 is 24.6 Å². The Labute approximate surface area is 190 Å². The fourth-order valence-corrected chi connectivity index (χ4v) is 3.47. The van der Waals surface area contributed by atoms with E-state index in [9.17, 15) is 9.59 Å². The van der Waals surface area contributed by atoms with Crippen molar-refractivity contribution in [1.82, 2.24) is 10.6 Å². The van der Waals surface area contributed by atoms with Crippen molar-refractivity contribution in [3.63, 3.8) is 0 Å². The van der Waals surface area contributed by atoms with Crippen LogP contribution in [-0.4, -0.2) is 55.2 Å². The molecule has 176 valence electrons. The lowest BCUT2D eigenvalue weighted by molar-refractivity contribution is 0.00578. The summed E-state index contributed by atoms with van der Waals surface area (Å²) in [6.07, 6.45) is 0.267. The number of carbonyl (C=O) groups is 2. The summed E-state index contributed by atoms with van der Waals surface area (Å²) in [5.41, 5.74) is 0.335. The van der Waals surface area contributed by atoms with Crippen molar-refractivity contribution in [1.29, 1.82) is 0 Å². The second-order valence-electron chi connectivity index (χ2n) is 10.4. The van der Waals surface area contributed by atoms with Crippen LogP contribution in [0.3, 0.4) is 0 Å². The lowest BCUT2D eigenvalue weighted by Gasteiger charge is -2.32. The summed E-state index contributed by atoms with van der Waals surface area (Å²) in [6, 6.07) is 5.42. The van der Waals surface area contributed by atoms with Crippen molar-refractivity contribution in [2.75, 3.05) is 13.2 Å². The molecule has 1 atom stereocenters. The maximum Gasteiger partial charge on any atom is 0.494 e. The minimum absolute atomic E-state index is 0.00802. The first-order valence-electron chi connectivity index (χ1n) is 11.1. The van der Waals surface area contributed by atoms with Crippen molar-refractivity contribution in [2.45, 2.75) is 84.3 Å². The van der Waals surface area contributed by atoms with Crippen molar-refractivity contribution < 1.29 is 28.4 Å². The SMILES string of the molecule is CC(C)(C)OC(=O)NCc1cc(B2OC(C)(C)C(C)(C)O2)cc(C(=O)NC2CCOC2)c1. The molecule has 2 fully saturated rings. The van der Waals surface area contributed by atoms with E-state index in [4.69, 9.17) is 18.8 Å². The summed E-state index contributed by atoms with van der Waals surface area (Å²) in [4.78, 5) is 25.1. The first kappa shape index (κ1) is 24.5. The van der Waals surface area contributed by atoms with Crippen LogP contribution in [0.2, 0.25) is 0 Å². The maximum atomic E-state index is 12.9. The predicted octanol–water partition coefficient (Wildman–Crippen LogP) is 2.53. The van der Waals surface area contributed by atoms with E-state index in [-0.39, 0.29) is 18.5 Å². The van der Waals surface area contributed by atoms with Gasteiger partial charge in [0.25, 0.3) is 5.91 Å². The van der Waals surface area contributed by atoms with Gasteiger partial charge in [-0.3, -0.25) is 4.79 Å². The molecule has 2 heterocycles. The largest absolute Gasteiger partial charge is 0.494 e. The monoisotopic (exact) mass is 446 g/mol. The van der Waals surface area contributed by atoms with E-state index in [2.05, 4.69) is 10.6 Å². The van der Waals surface area contributed by atoms with Crippen molar-refractivity contribution in [3.8, 4) is 0 Å². The molecule has 0 saturated carbocycles. The highest BCUT2D eigenvalue weighted by molar-refractivity contribution is 6.62. The minimum Gasteiger partial charge on any atom is -0.444 e.